The maximum atomic E-state index is 13.0. The van der Waals surface area contributed by atoms with Gasteiger partial charge in [0.2, 0.25) is 0 Å². The zero-order valence-corrected chi connectivity index (χ0v) is 20.0. The molecule has 3 aromatic rings. The van der Waals surface area contributed by atoms with E-state index < -0.39 is 12.0 Å². The van der Waals surface area contributed by atoms with Gasteiger partial charge in [-0.05, 0) is 55.0 Å². The highest BCUT2D eigenvalue weighted by Crippen LogP contribution is 2.28. The molecular formula is C26H35N3O4. The first-order valence-electron chi connectivity index (χ1n) is 11.9. The molecule has 0 fully saturated rings. The van der Waals surface area contributed by atoms with E-state index in [1.807, 2.05) is 18.2 Å². The Balaban J connectivity index is 1.91. The minimum absolute atomic E-state index is 0.0868. The molecule has 0 aliphatic carbocycles. The summed E-state index contributed by atoms with van der Waals surface area (Å²) in [4.78, 5) is 29.2. The Hall–Kier alpha value is -3.09. The number of carboxylic acids is 1. The van der Waals surface area contributed by atoms with Crippen molar-refractivity contribution in [3.8, 4) is 0 Å². The average molecular weight is 454 g/mol. The van der Waals surface area contributed by atoms with Gasteiger partial charge in [-0.2, -0.15) is 0 Å². The van der Waals surface area contributed by atoms with Crippen molar-refractivity contribution in [2.24, 2.45) is 5.92 Å². The number of aliphatic carboxylic acids is 1. The molecule has 2 atom stereocenters. The van der Waals surface area contributed by atoms with Crippen LogP contribution in [-0.4, -0.2) is 32.6 Å². The number of nitrogens with one attached hydrogen (secondary N) is 1. The fourth-order valence-corrected chi connectivity index (χ4v) is 4.38. The van der Waals surface area contributed by atoms with E-state index in [9.17, 15) is 14.7 Å². The lowest BCUT2D eigenvalue weighted by Crippen LogP contribution is -2.37. The van der Waals surface area contributed by atoms with Crippen molar-refractivity contribution < 1.29 is 19.1 Å². The Morgan fingerprint density at radius 1 is 1.15 bits per heavy atom. The molecule has 2 heterocycles. The lowest BCUT2D eigenvalue weighted by molar-refractivity contribution is -0.137. The van der Waals surface area contributed by atoms with E-state index in [0.717, 1.165) is 41.7 Å². The number of aromatic nitrogens is 2. The topological polar surface area (TPSA) is 97.4 Å². The number of nitrogens with zero attached hydrogens (tertiary/aromatic N) is 2. The second kappa shape index (κ2) is 11.2. The monoisotopic (exact) mass is 453 g/mol. The zero-order valence-electron chi connectivity index (χ0n) is 20.0. The molecule has 7 nitrogen and oxygen atoms in total. The van der Waals surface area contributed by atoms with Crippen LogP contribution in [-0.2, 0) is 11.2 Å². The largest absolute Gasteiger partial charge is 0.481 e. The van der Waals surface area contributed by atoms with Crippen molar-refractivity contribution in [3.63, 3.8) is 0 Å². The van der Waals surface area contributed by atoms with Crippen LogP contribution in [0.1, 0.15) is 87.6 Å². The highest BCUT2D eigenvalue weighted by Gasteiger charge is 2.22. The second-order valence-corrected chi connectivity index (χ2v) is 8.90. The van der Waals surface area contributed by atoms with Crippen LogP contribution >= 0.6 is 0 Å². The van der Waals surface area contributed by atoms with Crippen LogP contribution in [0, 0.1) is 5.92 Å². The highest BCUT2D eigenvalue weighted by atomic mass is 16.4. The molecule has 2 aromatic heterocycles. The van der Waals surface area contributed by atoms with E-state index in [4.69, 9.17) is 9.40 Å². The van der Waals surface area contributed by atoms with Crippen molar-refractivity contribution in [2.75, 3.05) is 0 Å². The number of imidazole rings is 1. The molecule has 0 bridgehead atoms. The van der Waals surface area contributed by atoms with Gasteiger partial charge < -0.3 is 19.4 Å². The summed E-state index contributed by atoms with van der Waals surface area (Å²) >= 11 is 0. The number of amides is 1. The van der Waals surface area contributed by atoms with Crippen LogP contribution in [0.3, 0.4) is 0 Å². The van der Waals surface area contributed by atoms with Crippen LogP contribution in [0.2, 0.25) is 0 Å². The summed E-state index contributed by atoms with van der Waals surface area (Å²) in [6.45, 7) is 8.47. The number of furan rings is 1. The minimum Gasteiger partial charge on any atom is -0.481 e. The third kappa shape index (κ3) is 6.03. The Labute approximate surface area is 195 Å². The third-order valence-electron chi connectivity index (χ3n) is 6.41. The third-order valence-corrected chi connectivity index (χ3v) is 6.41. The lowest BCUT2D eigenvalue weighted by atomic mass is 9.97. The van der Waals surface area contributed by atoms with Crippen molar-refractivity contribution in [2.45, 2.75) is 78.3 Å². The van der Waals surface area contributed by atoms with Gasteiger partial charge in [0.25, 0.3) is 5.91 Å². The summed E-state index contributed by atoms with van der Waals surface area (Å²) < 4.78 is 7.51. The van der Waals surface area contributed by atoms with Gasteiger partial charge in [0.15, 0.2) is 0 Å². The van der Waals surface area contributed by atoms with E-state index in [0.29, 0.717) is 30.4 Å². The fourth-order valence-electron chi connectivity index (χ4n) is 4.38. The second-order valence-electron chi connectivity index (χ2n) is 8.90. The number of hydrogen-bond donors (Lipinski definition) is 2. The molecule has 7 heteroatoms. The van der Waals surface area contributed by atoms with Crippen LogP contribution in [0.25, 0.3) is 11.0 Å². The first-order valence-corrected chi connectivity index (χ1v) is 11.9. The number of carbonyl (C=O) groups is 2. The number of fused-ring (bicyclic) bond motifs is 1. The van der Waals surface area contributed by atoms with Gasteiger partial charge in [-0.25, -0.2) is 4.98 Å². The minimum atomic E-state index is -0.910. The summed E-state index contributed by atoms with van der Waals surface area (Å²) in [5.74, 6) is 0.100. The first-order chi connectivity index (χ1) is 15.9. The molecule has 178 valence electrons. The maximum absolute atomic E-state index is 13.0. The van der Waals surface area contributed by atoms with Gasteiger partial charge in [-0.15, -0.1) is 0 Å². The van der Waals surface area contributed by atoms with Gasteiger partial charge in [-0.1, -0.05) is 34.1 Å². The molecule has 0 spiro atoms. The molecule has 33 heavy (non-hydrogen) atoms. The predicted molar refractivity (Wildman–Crippen MR) is 128 cm³/mol. The van der Waals surface area contributed by atoms with Crippen LogP contribution in [0.5, 0.6) is 0 Å². The fraction of sp³-hybridized carbons (Fsp3) is 0.500. The van der Waals surface area contributed by atoms with Crippen molar-refractivity contribution >= 4 is 22.9 Å². The number of rotatable bonds is 12. The van der Waals surface area contributed by atoms with E-state index in [-0.39, 0.29) is 12.3 Å². The summed E-state index contributed by atoms with van der Waals surface area (Å²) in [5, 5.41) is 12.2. The number of carbonyl (C=O) groups excluding carboxylic acids is 1. The number of hydrogen-bond acceptors (Lipinski definition) is 4. The van der Waals surface area contributed by atoms with Crippen LogP contribution in [0.15, 0.2) is 41.2 Å². The smallest absolute Gasteiger partial charge is 0.305 e. The summed E-state index contributed by atoms with van der Waals surface area (Å²) in [6, 6.07) is 7.42. The molecule has 0 saturated heterocycles. The molecule has 0 saturated carbocycles. The zero-order chi connectivity index (χ0) is 24.0. The number of carboxylic acid groups (broad SMARTS) is 1. The number of benzene rings is 1. The van der Waals surface area contributed by atoms with Gasteiger partial charge in [-0.3, -0.25) is 9.59 Å². The SMILES string of the molecule is CCC(C)C[C@@H](CC(=O)O)NC(=O)c1ccc2c(c1)nc(Cc1ccoc1)n2C(CC)CC. The molecule has 1 amide bonds. The maximum Gasteiger partial charge on any atom is 0.305 e. The van der Waals surface area contributed by atoms with Gasteiger partial charge in [0.1, 0.15) is 5.82 Å². The average Bonchev–Trinajstić information content (AvgIpc) is 3.42. The standard InChI is InChI=1S/C26H35N3O4/c1-5-17(4)12-20(15-25(30)31)27-26(32)19-8-9-23-22(14-19)28-24(13-18-10-11-33-16-18)29(23)21(6-2)7-3/h8-11,14,16-17,20-21H,5-7,12-13,15H2,1-4H3,(H,27,32)(H,30,31)/t17?,20-/m0/s1. The van der Waals surface area contributed by atoms with Crippen LogP contribution in [0.4, 0.5) is 0 Å². The van der Waals surface area contributed by atoms with Gasteiger partial charge >= 0.3 is 5.97 Å². The lowest BCUT2D eigenvalue weighted by Gasteiger charge is -2.20. The Kier molecular flexibility index (Phi) is 8.31. The van der Waals surface area contributed by atoms with Gasteiger partial charge in [0.05, 0.1) is 30.0 Å². The molecule has 0 aliphatic rings. The van der Waals surface area contributed by atoms with E-state index >= 15 is 0 Å². The quantitative estimate of drug-likeness (QED) is 0.372. The normalized spacial score (nSPS) is 13.4. The Morgan fingerprint density at radius 3 is 2.52 bits per heavy atom. The Bertz CT molecular complexity index is 1070. The molecule has 3 rings (SSSR count). The van der Waals surface area contributed by atoms with E-state index in [1.54, 1.807) is 18.6 Å². The van der Waals surface area contributed by atoms with Gasteiger partial charge in [0, 0.05) is 24.1 Å². The Morgan fingerprint density at radius 2 is 1.91 bits per heavy atom. The van der Waals surface area contributed by atoms with Crippen molar-refractivity contribution in [3.05, 3.63) is 53.7 Å². The molecule has 0 radical (unpaired) electrons. The first kappa shape index (κ1) is 24.6. The summed E-state index contributed by atoms with van der Waals surface area (Å²) in [6.07, 6.45) is 7.49. The van der Waals surface area contributed by atoms with E-state index in [2.05, 4.69) is 37.6 Å². The summed E-state index contributed by atoms with van der Waals surface area (Å²) in [5.41, 5.74) is 3.31. The van der Waals surface area contributed by atoms with E-state index in [1.165, 1.54) is 0 Å². The van der Waals surface area contributed by atoms with Crippen LogP contribution < -0.4 is 5.32 Å². The molecule has 2 N–H and O–H groups in total. The summed E-state index contributed by atoms with van der Waals surface area (Å²) in [7, 11) is 0. The highest BCUT2D eigenvalue weighted by molar-refractivity contribution is 5.97. The molecule has 1 aromatic carbocycles. The van der Waals surface area contributed by atoms with Crippen molar-refractivity contribution in [1.29, 1.82) is 0 Å². The molecule has 0 aliphatic heterocycles. The van der Waals surface area contributed by atoms with Crippen molar-refractivity contribution in [1.82, 2.24) is 14.9 Å². The predicted octanol–water partition coefficient (Wildman–Crippen LogP) is 5.59. The molecule has 1 unspecified atom stereocenters. The molecular weight excluding hydrogens is 418 g/mol.